The zero-order valence-corrected chi connectivity index (χ0v) is 11.7. The maximum Gasteiger partial charge on any atom is 0.122 e. The molecule has 3 heteroatoms. The first kappa shape index (κ1) is 14.4. The van der Waals surface area contributed by atoms with Crippen LogP contribution in [0.15, 0.2) is 18.2 Å². The molecule has 0 aliphatic heterocycles. The van der Waals surface area contributed by atoms with Gasteiger partial charge in [0.05, 0.1) is 7.11 Å². The normalized spacial score (nSPS) is 10.5. The third kappa shape index (κ3) is 5.00. The lowest BCUT2D eigenvalue weighted by molar-refractivity contribution is 0.409. The summed E-state index contributed by atoms with van der Waals surface area (Å²) < 4.78 is 5.38. The summed E-state index contributed by atoms with van der Waals surface area (Å²) >= 11 is 4.19. The van der Waals surface area contributed by atoms with E-state index in [0.29, 0.717) is 0 Å². The largest absolute Gasteiger partial charge is 0.496 e. The molecule has 1 aromatic carbocycles. The number of rotatable bonds is 8. The summed E-state index contributed by atoms with van der Waals surface area (Å²) in [6, 6.07) is 6.46. The van der Waals surface area contributed by atoms with E-state index < -0.39 is 0 Å². The van der Waals surface area contributed by atoms with Gasteiger partial charge in [-0.2, -0.15) is 12.6 Å². The number of methoxy groups -OCH3 is 1. The predicted molar refractivity (Wildman–Crippen MR) is 77.4 cm³/mol. The van der Waals surface area contributed by atoms with Crippen LogP contribution in [0, 0.1) is 0 Å². The lowest BCUT2D eigenvalue weighted by Gasteiger charge is -2.10. The average Bonchev–Trinajstić information content (AvgIpc) is 2.38. The zero-order chi connectivity index (χ0) is 12.5. The molecular weight excluding hydrogens is 230 g/mol. The Kier molecular flexibility index (Phi) is 7.13. The molecule has 1 aromatic rings. The van der Waals surface area contributed by atoms with Crippen LogP contribution in [0.4, 0.5) is 0 Å². The van der Waals surface area contributed by atoms with Gasteiger partial charge in [-0.1, -0.05) is 19.1 Å². The molecule has 0 bridgehead atoms. The summed E-state index contributed by atoms with van der Waals surface area (Å²) in [6.45, 7) is 4.22. The van der Waals surface area contributed by atoms with Crippen LogP contribution in [0.3, 0.4) is 0 Å². The van der Waals surface area contributed by atoms with Crippen molar-refractivity contribution in [1.29, 1.82) is 0 Å². The molecule has 2 nitrogen and oxygen atoms in total. The van der Waals surface area contributed by atoms with Gasteiger partial charge in [0.25, 0.3) is 0 Å². The van der Waals surface area contributed by atoms with Crippen LogP contribution in [-0.4, -0.2) is 26.0 Å². The molecule has 96 valence electrons. The summed E-state index contributed by atoms with van der Waals surface area (Å²) in [5.41, 5.74) is 2.67. The predicted octanol–water partition coefficient (Wildman–Crippen LogP) is 2.71. The van der Waals surface area contributed by atoms with Crippen molar-refractivity contribution in [2.24, 2.45) is 0 Å². The summed E-state index contributed by atoms with van der Waals surface area (Å²) in [4.78, 5) is 0. The molecule has 0 radical (unpaired) electrons. The maximum absolute atomic E-state index is 5.38. The first-order valence-electron chi connectivity index (χ1n) is 6.29. The first-order chi connectivity index (χ1) is 8.31. The fourth-order valence-electron chi connectivity index (χ4n) is 1.80. The molecule has 0 aliphatic carbocycles. The van der Waals surface area contributed by atoms with Gasteiger partial charge in [-0.15, -0.1) is 0 Å². The first-order valence-corrected chi connectivity index (χ1v) is 6.92. The fourth-order valence-corrected chi connectivity index (χ4v) is 1.96. The van der Waals surface area contributed by atoms with Crippen molar-refractivity contribution < 1.29 is 4.74 Å². The van der Waals surface area contributed by atoms with E-state index >= 15 is 0 Å². The second-order valence-electron chi connectivity index (χ2n) is 4.08. The molecule has 0 amide bonds. The lowest BCUT2D eigenvalue weighted by Crippen LogP contribution is -2.19. The second-order valence-corrected chi connectivity index (χ2v) is 4.52. The summed E-state index contributed by atoms with van der Waals surface area (Å²) in [6.07, 6.45) is 3.21. The minimum Gasteiger partial charge on any atom is -0.496 e. The monoisotopic (exact) mass is 253 g/mol. The smallest absolute Gasteiger partial charge is 0.122 e. The van der Waals surface area contributed by atoms with Gasteiger partial charge in [0.15, 0.2) is 0 Å². The highest BCUT2D eigenvalue weighted by Crippen LogP contribution is 2.20. The Morgan fingerprint density at radius 2 is 2.12 bits per heavy atom. The lowest BCUT2D eigenvalue weighted by atomic mass is 10.1. The number of hydrogen-bond acceptors (Lipinski definition) is 3. The number of hydrogen-bond donors (Lipinski definition) is 2. The molecule has 0 aromatic heterocycles. The van der Waals surface area contributed by atoms with Crippen molar-refractivity contribution in [2.45, 2.75) is 26.2 Å². The number of ether oxygens (including phenoxy) is 1. The number of benzene rings is 1. The Morgan fingerprint density at radius 1 is 1.29 bits per heavy atom. The van der Waals surface area contributed by atoms with Gasteiger partial charge in [-0.3, -0.25) is 0 Å². The van der Waals surface area contributed by atoms with Gasteiger partial charge in [-0.05, 0) is 55.3 Å². The SMILES string of the molecule is CCc1ccc(OC)c(CCNCCCS)c1. The molecular formula is C14H23NOS. The van der Waals surface area contributed by atoms with E-state index in [4.69, 9.17) is 4.74 Å². The standard InChI is InChI=1S/C14H23NOS/c1-3-12-5-6-14(16-2)13(11-12)7-9-15-8-4-10-17/h5-6,11,15,17H,3-4,7-10H2,1-2H3. The van der Waals surface area contributed by atoms with Crippen molar-refractivity contribution >= 4 is 12.6 Å². The van der Waals surface area contributed by atoms with Crippen molar-refractivity contribution in [2.75, 3.05) is 26.0 Å². The minimum absolute atomic E-state index is 0.946. The maximum atomic E-state index is 5.38. The third-order valence-electron chi connectivity index (χ3n) is 2.84. The highest BCUT2D eigenvalue weighted by Gasteiger charge is 2.03. The number of nitrogens with one attached hydrogen (secondary N) is 1. The van der Waals surface area contributed by atoms with Crippen LogP contribution in [0.25, 0.3) is 0 Å². The molecule has 0 atom stereocenters. The Hall–Kier alpha value is -0.670. The van der Waals surface area contributed by atoms with Gasteiger partial charge >= 0.3 is 0 Å². The van der Waals surface area contributed by atoms with E-state index in [1.165, 1.54) is 11.1 Å². The summed E-state index contributed by atoms with van der Waals surface area (Å²) in [7, 11) is 1.73. The summed E-state index contributed by atoms with van der Waals surface area (Å²) in [5.74, 6) is 1.94. The van der Waals surface area contributed by atoms with Crippen LogP contribution in [0.5, 0.6) is 5.75 Å². The van der Waals surface area contributed by atoms with E-state index in [9.17, 15) is 0 Å². The second kappa shape index (κ2) is 8.43. The van der Waals surface area contributed by atoms with Crippen molar-refractivity contribution in [3.05, 3.63) is 29.3 Å². The van der Waals surface area contributed by atoms with Crippen molar-refractivity contribution in [3.8, 4) is 5.75 Å². The zero-order valence-electron chi connectivity index (χ0n) is 10.8. The molecule has 0 fully saturated rings. The quantitative estimate of drug-likeness (QED) is 0.549. The van der Waals surface area contributed by atoms with Crippen LogP contribution < -0.4 is 10.1 Å². The molecule has 0 unspecified atom stereocenters. The number of thiol groups is 1. The summed E-state index contributed by atoms with van der Waals surface area (Å²) in [5, 5.41) is 3.42. The Morgan fingerprint density at radius 3 is 2.76 bits per heavy atom. The topological polar surface area (TPSA) is 21.3 Å². The highest BCUT2D eigenvalue weighted by atomic mass is 32.1. The molecule has 0 saturated heterocycles. The average molecular weight is 253 g/mol. The Bertz CT molecular complexity index is 328. The van der Waals surface area contributed by atoms with Crippen molar-refractivity contribution in [1.82, 2.24) is 5.32 Å². The molecule has 1 N–H and O–H groups in total. The molecule has 17 heavy (non-hydrogen) atoms. The van der Waals surface area contributed by atoms with Gasteiger partial charge in [0, 0.05) is 0 Å². The van der Waals surface area contributed by atoms with Crippen LogP contribution in [-0.2, 0) is 12.8 Å². The van der Waals surface area contributed by atoms with Crippen LogP contribution >= 0.6 is 12.6 Å². The van der Waals surface area contributed by atoms with Gasteiger partial charge in [-0.25, -0.2) is 0 Å². The van der Waals surface area contributed by atoms with E-state index in [1.807, 2.05) is 0 Å². The molecule has 1 rings (SSSR count). The van der Waals surface area contributed by atoms with Crippen molar-refractivity contribution in [3.63, 3.8) is 0 Å². The van der Waals surface area contributed by atoms with Gasteiger partial charge < -0.3 is 10.1 Å². The van der Waals surface area contributed by atoms with Crippen LogP contribution in [0.1, 0.15) is 24.5 Å². The molecule has 0 spiro atoms. The molecule has 0 aliphatic rings. The third-order valence-corrected chi connectivity index (χ3v) is 3.15. The van der Waals surface area contributed by atoms with E-state index in [0.717, 1.165) is 43.9 Å². The molecule has 0 heterocycles. The Labute approximate surface area is 110 Å². The van der Waals surface area contributed by atoms with Gasteiger partial charge in [0.2, 0.25) is 0 Å². The van der Waals surface area contributed by atoms with E-state index in [1.54, 1.807) is 7.11 Å². The number of aryl methyl sites for hydroxylation is 1. The van der Waals surface area contributed by atoms with E-state index in [2.05, 4.69) is 43.1 Å². The minimum atomic E-state index is 0.946. The van der Waals surface area contributed by atoms with Gasteiger partial charge in [0.1, 0.15) is 5.75 Å². The van der Waals surface area contributed by atoms with E-state index in [-0.39, 0.29) is 0 Å². The van der Waals surface area contributed by atoms with Crippen LogP contribution in [0.2, 0.25) is 0 Å². The fraction of sp³-hybridized carbons (Fsp3) is 0.571. The molecule has 0 saturated carbocycles. The highest BCUT2D eigenvalue weighted by molar-refractivity contribution is 7.80. The Balaban J connectivity index is 2.49.